The minimum atomic E-state index is -0.514. The van der Waals surface area contributed by atoms with Crippen LogP contribution in [0.4, 0.5) is 0 Å². The molecule has 5 heteroatoms. The lowest BCUT2D eigenvalue weighted by molar-refractivity contribution is -0.124. The lowest BCUT2D eigenvalue weighted by Crippen LogP contribution is -2.57. The summed E-state index contributed by atoms with van der Waals surface area (Å²) in [5.41, 5.74) is 12.5. The molecule has 1 saturated carbocycles. The van der Waals surface area contributed by atoms with Crippen molar-refractivity contribution in [2.24, 2.45) is 5.73 Å². The Balaban J connectivity index is 1.57. The van der Waals surface area contributed by atoms with Crippen molar-refractivity contribution < 1.29 is 9.59 Å². The van der Waals surface area contributed by atoms with Gasteiger partial charge in [0.25, 0.3) is 5.91 Å². The molecule has 2 amide bonds. The molecule has 0 aromatic heterocycles. The van der Waals surface area contributed by atoms with Gasteiger partial charge < -0.3 is 16.0 Å². The fraction of sp³-hybridized carbons (Fsp3) is 0.375. The van der Waals surface area contributed by atoms with Crippen molar-refractivity contribution in [2.45, 2.75) is 70.0 Å². The highest BCUT2D eigenvalue weighted by atomic mass is 16.2. The van der Waals surface area contributed by atoms with E-state index in [1.54, 1.807) is 0 Å². The predicted molar refractivity (Wildman–Crippen MR) is 147 cm³/mol. The predicted octanol–water partition coefficient (Wildman–Crippen LogP) is 5.21. The summed E-state index contributed by atoms with van der Waals surface area (Å²) in [6, 6.07) is 23.5. The van der Waals surface area contributed by atoms with E-state index in [9.17, 15) is 9.59 Å². The molecule has 4 atom stereocenters. The van der Waals surface area contributed by atoms with Crippen molar-refractivity contribution in [1.82, 2.24) is 10.2 Å². The van der Waals surface area contributed by atoms with Crippen LogP contribution in [0.2, 0.25) is 0 Å². The van der Waals surface area contributed by atoms with E-state index in [2.05, 4.69) is 49.5 Å². The smallest absolute Gasteiger partial charge is 0.255 e. The number of fused-ring (bicyclic) bond motifs is 1. The number of aryl methyl sites for hydroxylation is 2. The molecule has 3 aromatic rings. The fourth-order valence-electron chi connectivity index (χ4n) is 6.26. The van der Waals surface area contributed by atoms with Crippen LogP contribution in [0, 0.1) is 13.8 Å². The Morgan fingerprint density at radius 2 is 1.68 bits per heavy atom. The number of hydrogen-bond acceptors (Lipinski definition) is 3. The van der Waals surface area contributed by atoms with Gasteiger partial charge in [-0.25, -0.2) is 0 Å². The first-order chi connectivity index (χ1) is 18.0. The summed E-state index contributed by atoms with van der Waals surface area (Å²) < 4.78 is 0. The largest absolute Gasteiger partial charge is 0.355 e. The van der Waals surface area contributed by atoms with Crippen molar-refractivity contribution >= 4 is 11.8 Å². The van der Waals surface area contributed by atoms with Gasteiger partial charge in [-0.3, -0.25) is 9.59 Å². The van der Waals surface area contributed by atoms with E-state index in [0.717, 1.165) is 54.4 Å². The quantitative estimate of drug-likeness (QED) is 0.493. The minimum Gasteiger partial charge on any atom is -0.355 e. The van der Waals surface area contributed by atoms with Crippen molar-refractivity contribution in [3.63, 3.8) is 0 Å². The van der Waals surface area contributed by atoms with Crippen LogP contribution in [-0.2, 0) is 11.2 Å². The highest BCUT2D eigenvalue weighted by Gasteiger charge is 2.48. The van der Waals surface area contributed by atoms with Crippen molar-refractivity contribution in [1.29, 1.82) is 0 Å². The maximum atomic E-state index is 14.1. The number of rotatable bonds is 6. The molecule has 2 aliphatic rings. The summed E-state index contributed by atoms with van der Waals surface area (Å²) >= 11 is 0. The molecule has 1 aliphatic heterocycles. The highest BCUT2D eigenvalue weighted by molar-refractivity contribution is 6.01. The van der Waals surface area contributed by atoms with Crippen LogP contribution in [0.15, 0.2) is 72.8 Å². The molecule has 5 nitrogen and oxygen atoms in total. The van der Waals surface area contributed by atoms with Crippen LogP contribution >= 0.6 is 0 Å². The Labute approximate surface area is 220 Å². The van der Waals surface area contributed by atoms with Gasteiger partial charge in [-0.2, -0.15) is 0 Å². The fourth-order valence-corrected chi connectivity index (χ4v) is 6.26. The average molecular weight is 496 g/mol. The van der Waals surface area contributed by atoms with E-state index in [-0.39, 0.29) is 23.9 Å². The molecule has 3 aromatic carbocycles. The summed E-state index contributed by atoms with van der Waals surface area (Å²) in [5, 5.41) is 3.21. The summed E-state index contributed by atoms with van der Waals surface area (Å²) in [6.45, 7) is 4.69. The molecule has 2 unspecified atom stereocenters. The average Bonchev–Trinajstić information content (AvgIpc) is 2.90. The van der Waals surface area contributed by atoms with E-state index < -0.39 is 12.0 Å². The van der Waals surface area contributed by atoms with Gasteiger partial charge in [0.2, 0.25) is 5.91 Å². The second-order valence-electron chi connectivity index (χ2n) is 10.6. The maximum absolute atomic E-state index is 14.1. The first-order valence-corrected chi connectivity index (χ1v) is 13.5. The van der Waals surface area contributed by atoms with E-state index in [0.29, 0.717) is 12.1 Å². The Kier molecular flexibility index (Phi) is 7.43. The Morgan fingerprint density at radius 3 is 2.43 bits per heavy atom. The van der Waals surface area contributed by atoms with Crippen LogP contribution < -0.4 is 11.1 Å². The van der Waals surface area contributed by atoms with E-state index in [4.69, 9.17) is 5.73 Å². The Hall–Kier alpha value is -3.44. The first-order valence-electron chi connectivity index (χ1n) is 13.5. The van der Waals surface area contributed by atoms with Gasteiger partial charge in [0.1, 0.15) is 0 Å². The highest BCUT2D eigenvalue weighted by Crippen LogP contribution is 2.46. The van der Waals surface area contributed by atoms with Gasteiger partial charge in [0, 0.05) is 24.2 Å². The standard InChI is InChI=1S/C32H37N3O2/c1-21-16-17-24(22(2)20-21)30-29(31(36)34-19-18-23-10-4-3-5-11-23)25-12-6-7-13-26(25)32(37)35(30)28-15-9-8-14-27(28)33/h3-7,10-13,16-17,20,27-30H,8-9,14-15,18-19,33H2,1-2H3,(H,34,36)/t27?,28-,29+,30?/m0/s1. The number of nitrogens with zero attached hydrogens (tertiary/aromatic N) is 1. The third-order valence-electron chi connectivity index (χ3n) is 8.10. The molecule has 192 valence electrons. The van der Waals surface area contributed by atoms with E-state index in [1.807, 2.05) is 47.4 Å². The summed E-state index contributed by atoms with van der Waals surface area (Å²) in [7, 11) is 0. The summed E-state index contributed by atoms with van der Waals surface area (Å²) in [5.74, 6) is -0.577. The van der Waals surface area contributed by atoms with Gasteiger partial charge in [0.05, 0.1) is 12.0 Å². The summed E-state index contributed by atoms with van der Waals surface area (Å²) in [6.07, 6.45) is 4.62. The molecular formula is C32H37N3O2. The molecule has 1 aliphatic carbocycles. The van der Waals surface area contributed by atoms with Gasteiger partial charge >= 0.3 is 0 Å². The third-order valence-corrected chi connectivity index (χ3v) is 8.10. The first kappa shape index (κ1) is 25.2. The van der Waals surface area contributed by atoms with Gasteiger partial charge in [-0.05, 0) is 61.4 Å². The molecule has 0 saturated heterocycles. The zero-order valence-corrected chi connectivity index (χ0v) is 21.8. The van der Waals surface area contributed by atoms with Crippen molar-refractivity contribution in [3.05, 3.63) is 106 Å². The van der Waals surface area contributed by atoms with Crippen LogP contribution in [0.25, 0.3) is 0 Å². The lowest BCUT2D eigenvalue weighted by Gasteiger charge is -2.48. The van der Waals surface area contributed by atoms with Crippen molar-refractivity contribution in [2.75, 3.05) is 6.54 Å². The number of nitrogens with two attached hydrogens (primary N) is 1. The van der Waals surface area contributed by atoms with Crippen LogP contribution in [-0.4, -0.2) is 35.3 Å². The molecule has 3 N–H and O–H groups in total. The van der Waals surface area contributed by atoms with Crippen LogP contribution in [0.1, 0.15) is 75.8 Å². The van der Waals surface area contributed by atoms with Crippen LogP contribution in [0.5, 0.6) is 0 Å². The van der Waals surface area contributed by atoms with E-state index >= 15 is 0 Å². The zero-order valence-electron chi connectivity index (χ0n) is 21.8. The normalized spacial score (nSPS) is 23.4. The van der Waals surface area contributed by atoms with E-state index in [1.165, 1.54) is 5.56 Å². The number of carbonyl (C=O) groups is 2. The molecule has 5 rings (SSSR count). The zero-order chi connectivity index (χ0) is 25.9. The minimum absolute atomic E-state index is 0.0174. The maximum Gasteiger partial charge on any atom is 0.255 e. The Morgan fingerprint density at radius 1 is 0.946 bits per heavy atom. The topological polar surface area (TPSA) is 75.4 Å². The number of hydrogen-bond donors (Lipinski definition) is 2. The second-order valence-corrected chi connectivity index (χ2v) is 10.6. The second kappa shape index (κ2) is 10.9. The molecule has 0 spiro atoms. The number of benzene rings is 3. The molecule has 0 radical (unpaired) electrons. The number of nitrogens with one attached hydrogen (secondary N) is 1. The van der Waals surface area contributed by atoms with Gasteiger partial charge in [0.15, 0.2) is 0 Å². The Bertz CT molecular complexity index is 1270. The van der Waals surface area contributed by atoms with Crippen LogP contribution in [0.3, 0.4) is 0 Å². The number of amides is 2. The lowest BCUT2D eigenvalue weighted by atomic mass is 9.75. The van der Waals surface area contributed by atoms with Gasteiger partial charge in [-0.1, -0.05) is 85.1 Å². The SMILES string of the molecule is Cc1ccc(C2[C@H](C(=O)NCCc3ccccc3)c3ccccc3C(=O)N2[C@H]2CCCCC2N)c(C)c1. The molecule has 0 bridgehead atoms. The monoisotopic (exact) mass is 495 g/mol. The molecule has 1 heterocycles. The molecule has 1 fully saturated rings. The van der Waals surface area contributed by atoms with Gasteiger partial charge in [-0.15, -0.1) is 0 Å². The molecular weight excluding hydrogens is 458 g/mol. The molecule has 37 heavy (non-hydrogen) atoms. The summed E-state index contributed by atoms with van der Waals surface area (Å²) in [4.78, 5) is 30.2. The third kappa shape index (κ3) is 5.05. The number of carbonyl (C=O) groups excluding carboxylic acids is 2. The van der Waals surface area contributed by atoms with Crippen molar-refractivity contribution in [3.8, 4) is 0 Å².